The molecule has 1 aromatic heterocycles. The quantitative estimate of drug-likeness (QED) is 0.649. The van der Waals surface area contributed by atoms with Crippen molar-refractivity contribution in [3.63, 3.8) is 0 Å². The van der Waals surface area contributed by atoms with E-state index >= 15 is 0 Å². The van der Waals surface area contributed by atoms with Crippen LogP contribution in [0.15, 0.2) is 48.5 Å². The number of carbonyl (C=O) groups is 2. The highest BCUT2D eigenvalue weighted by Gasteiger charge is 2.28. The summed E-state index contributed by atoms with van der Waals surface area (Å²) < 4.78 is 18.5. The topological polar surface area (TPSA) is 84.4 Å². The molecule has 2 aromatic carbocycles. The van der Waals surface area contributed by atoms with Crippen molar-refractivity contribution in [2.75, 3.05) is 25.5 Å². The molecule has 0 radical (unpaired) electrons. The van der Waals surface area contributed by atoms with Crippen molar-refractivity contribution in [1.29, 1.82) is 0 Å². The number of anilines is 1. The van der Waals surface area contributed by atoms with Gasteiger partial charge < -0.3 is 15.0 Å². The fraction of sp³-hybridized carbons (Fsp3) is 0.273. The van der Waals surface area contributed by atoms with Crippen LogP contribution in [0.1, 0.15) is 43.9 Å². The van der Waals surface area contributed by atoms with Gasteiger partial charge in [0.05, 0.1) is 7.11 Å². The summed E-state index contributed by atoms with van der Waals surface area (Å²) >= 11 is 1.20. The molecule has 1 N–H and O–H groups in total. The number of nitrogens with one attached hydrogen (secondary N) is 1. The van der Waals surface area contributed by atoms with Gasteiger partial charge in [-0.25, -0.2) is 4.39 Å². The minimum absolute atomic E-state index is 0.0177. The molecule has 0 bridgehead atoms. The smallest absolute Gasteiger partial charge is 0.286 e. The van der Waals surface area contributed by atoms with E-state index in [-0.39, 0.29) is 16.8 Å². The fourth-order valence-corrected chi connectivity index (χ4v) is 4.39. The van der Waals surface area contributed by atoms with Crippen LogP contribution in [-0.2, 0) is 0 Å². The van der Waals surface area contributed by atoms with E-state index in [9.17, 15) is 14.0 Å². The molecule has 3 aromatic rings. The predicted molar refractivity (Wildman–Crippen MR) is 115 cm³/mol. The lowest BCUT2D eigenvalue weighted by Crippen LogP contribution is -2.39. The average Bonchev–Trinajstić information content (AvgIpc) is 3.29. The van der Waals surface area contributed by atoms with Crippen molar-refractivity contribution >= 4 is 28.8 Å². The molecule has 31 heavy (non-hydrogen) atoms. The van der Waals surface area contributed by atoms with E-state index in [1.807, 2.05) is 4.90 Å². The van der Waals surface area contributed by atoms with Crippen molar-refractivity contribution in [2.45, 2.75) is 18.8 Å². The Balaban J connectivity index is 1.42. The lowest BCUT2D eigenvalue weighted by atomic mass is 9.98. The molecule has 0 saturated carbocycles. The Hall–Kier alpha value is -3.33. The Morgan fingerprint density at radius 2 is 2.00 bits per heavy atom. The van der Waals surface area contributed by atoms with Crippen LogP contribution in [-0.4, -0.2) is 47.1 Å². The second-order valence-corrected chi connectivity index (χ2v) is 8.24. The van der Waals surface area contributed by atoms with Crippen LogP contribution in [0.3, 0.4) is 0 Å². The maximum atomic E-state index is 13.3. The standard InChI is InChI=1S/C22H21FN4O3S/c1-30-18-9-7-14(8-10-18)22(29)27-11-3-4-15(13-27)20-25-26-21(31-20)19(28)24-17-6-2-5-16(23)12-17/h2,5-10,12,15H,3-4,11,13H2,1H3,(H,24,28)/t15-/m1/s1. The Morgan fingerprint density at radius 1 is 1.19 bits per heavy atom. The van der Waals surface area contributed by atoms with Crippen LogP contribution in [0.4, 0.5) is 10.1 Å². The molecule has 1 aliphatic heterocycles. The number of likely N-dealkylation sites (tertiary alicyclic amines) is 1. The van der Waals surface area contributed by atoms with E-state index in [1.54, 1.807) is 37.4 Å². The number of methoxy groups -OCH3 is 1. The summed E-state index contributed by atoms with van der Waals surface area (Å²) in [7, 11) is 1.58. The predicted octanol–water partition coefficient (Wildman–Crippen LogP) is 3.96. The summed E-state index contributed by atoms with van der Waals surface area (Å²) in [5.41, 5.74) is 0.963. The number of hydrogen-bond donors (Lipinski definition) is 1. The maximum Gasteiger partial charge on any atom is 0.286 e. The van der Waals surface area contributed by atoms with Gasteiger partial charge >= 0.3 is 0 Å². The molecule has 160 valence electrons. The number of amides is 2. The first-order chi connectivity index (χ1) is 15.0. The third kappa shape index (κ3) is 4.88. The molecular weight excluding hydrogens is 419 g/mol. The summed E-state index contributed by atoms with van der Waals surface area (Å²) in [6.45, 7) is 1.19. The average molecular weight is 441 g/mol. The monoisotopic (exact) mass is 440 g/mol. The molecule has 7 nitrogen and oxygen atoms in total. The second-order valence-electron chi connectivity index (χ2n) is 7.23. The van der Waals surface area contributed by atoms with E-state index in [0.717, 1.165) is 17.8 Å². The van der Waals surface area contributed by atoms with Gasteiger partial charge in [0.2, 0.25) is 5.01 Å². The van der Waals surface area contributed by atoms with Crippen LogP contribution >= 0.6 is 11.3 Å². The number of benzene rings is 2. The number of halogens is 1. The van der Waals surface area contributed by atoms with Crippen molar-refractivity contribution in [2.24, 2.45) is 0 Å². The summed E-state index contributed by atoms with van der Waals surface area (Å²) in [4.78, 5) is 27.1. The molecular formula is C22H21FN4O3S. The van der Waals surface area contributed by atoms with E-state index in [0.29, 0.717) is 30.1 Å². The van der Waals surface area contributed by atoms with E-state index in [1.165, 1.54) is 29.5 Å². The van der Waals surface area contributed by atoms with Crippen molar-refractivity contribution in [3.8, 4) is 5.75 Å². The zero-order chi connectivity index (χ0) is 21.8. The Morgan fingerprint density at radius 3 is 2.74 bits per heavy atom. The number of hydrogen-bond acceptors (Lipinski definition) is 6. The SMILES string of the molecule is COc1ccc(C(=O)N2CCC[C@@H](c3nnc(C(=O)Nc4cccc(F)c4)s3)C2)cc1. The van der Waals surface area contributed by atoms with Gasteiger partial charge in [-0.05, 0) is 55.3 Å². The largest absolute Gasteiger partial charge is 0.497 e. The number of carbonyl (C=O) groups excluding carboxylic acids is 2. The summed E-state index contributed by atoms with van der Waals surface area (Å²) in [5, 5.41) is 11.7. The van der Waals surface area contributed by atoms with Gasteiger partial charge in [-0.15, -0.1) is 10.2 Å². The molecule has 2 heterocycles. The molecule has 0 aliphatic carbocycles. The summed E-state index contributed by atoms with van der Waals surface area (Å²) in [5.74, 6) is -0.188. The lowest BCUT2D eigenvalue weighted by Gasteiger charge is -2.31. The first kappa shape index (κ1) is 20.9. The van der Waals surface area contributed by atoms with Crippen molar-refractivity contribution < 1.29 is 18.7 Å². The normalized spacial score (nSPS) is 16.1. The Labute approximate surface area is 182 Å². The van der Waals surface area contributed by atoms with Crippen molar-refractivity contribution in [3.05, 3.63) is 69.9 Å². The summed E-state index contributed by atoms with van der Waals surface area (Å²) in [6.07, 6.45) is 1.71. The molecule has 1 fully saturated rings. The Bertz CT molecular complexity index is 1090. The van der Waals surface area contributed by atoms with Crippen LogP contribution in [0.25, 0.3) is 0 Å². The van der Waals surface area contributed by atoms with Crippen LogP contribution in [0, 0.1) is 5.82 Å². The number of piperidine rings is 1. The highest BCUT2D eigenvalue weighted by Crippen LogP contribution is 2.30. The zero-order valence-corrected chi connectivity index (χ0v) is 17.7. The highest BCUT2D eigenvalue weighted by molar-refractivity contribution is 7.13. The highest BCUT2D eigenvalue weighted by atomic mass is 32.1. The molecule has 9 heteroatoms. The van der Waals surface area contributed by atoms with Gasteiger partial charge in [-0.1, -0.05) is 17.4 Å². The number of ether oxygens (including phenoxy) is 1. The van der Waals surface area contributed by atoms with Gasteiger partial charge in [-0.2, -0.15) is 0 Å². The fourth-order valence-electron chi connectivity index (χ4n) is 3.52. The van der Waals surface area contributed by atoms with E-state index in [4.69, 9.17) is 4.74 Å². The first-order valence-corrected chi connectivity index (χ1v) is 10.7. The maximum absolute atomic E-state index is 13.3. The number of aromatic nitrogens is 2. The minimum atomic E-state index is -0.434. The van der Waals surface area contributed by atoms with Crippen molar-refractivity contribution in [1.82, 2.24) is 15.1 Å². The Kier molecular flexibility index (Phi) is 6.22. The molecule has 2 amide bonds. The van der Waals surface area contributed by atoms with E-state index in [2.05, 4.69) is 15.5 Å². The third-order valence-electron chi connectivity index (χ3n) is 5.11. The number of nitrogens with zero attached hydrogens (tertiary/aromatic N) is 3. The van der Waals surface area contributed by atoms with Gasteiger partial charge in [0, 0.05) is 30.3 Å². The van der Waals surface area contributed by atoms with Gasteiger partial charge in [-0.3, -0.25) is 9.59 Å². The second kappa shape index (κ2) is 9.22. The molecule has 1 aliphatic rings. The van der Waals surface area contributed by atoms with Crippen LogP contribution < -0.4 is 10.1 Å². The molecule has 4 rings (SSSR count). The first-order valence-electron chi connectivity index (χ1n) is 9.87. The molecule has 0 unspecified atom stereocenters. The molecule has 0 spiro atoms. The van der Waals surface area contributed by atoms with Gasteiger partial charge in [0.15, 0.2) is 0 Å². The molecule has 1 atom stereocenters. The van der Waals surface area contributed by atoms with Gasteiger partial charge in [0.1, 0.15) is 16.6 Å². The summed E-state index contributed by atoms with van der Waals surface area (Å²) in [6, 6.07) is 12.7. The van der Waals surface area contributed by atoms with Gasteiger partial charge in [0.25, 0.3) is 11.8 Å². The van der Waals surface area contributed by atoms with Crippen LogP contribution in [0.2, 0.25) is 0 Å². The van der Waals surface area contributed by atoms with Crippen LogP contribution in [0.5, 0.6) is 5.75 Å². The minimum Gasteiger partial charge on any atom is -0.497 e. The number of rotatable bonds is 5. The molecule has 1 saturated heterocycles. The lowest BCUT2D eigenvalue weighted by molar-refractivity contribution is 0.0706. The zero-order valence-electron chi connectivity index (χ0n) is 16.9. The third-order valence-corrected chi connectivity index (χ3v) is 6.20. The van der Waals surface area contributed by atoms with E-state index < -0.39 is 11.7 Å².